The Morgan fingerprint density at radius 2 is 1.66 bits per heavy atom. The summed E-state index contributed by atoms with van der Waals surface area (Å²) in [6, 6.07) is 11.3. The van der Waals surface area contributed by atoms with Crippen molar-refractivity contribution in [1.82, 2.24) is 4.98 Å². The second kappa shape index (κ2) is 8.68. The number of unbranched alkanes of at least 4 members (excludes halogenated alkanes) is 2. The molecule has 1 aliphatic rings. The molecule has 2 heterocycles. The number of benzene rings is 1. The zero-order chi connectivity index (χ0) is 21.1. The number of carbonyl (C=O) groups excluding carboxylic acids is 1. The van der Waals surface area contributed by atoms with Crippen LogP contribution in [-0.4, -0.2) is 29.2 Å². The molecular formula is C23H31BN2O3. The van der Waals surface area contributed by atoms with Gasteiger partial charge < -0.3 is 14.6 Å². The summed E-state index contributed by atoms with van der Waals surface area (Å²) in [6.07, 6.45) is 6.36. The largest absolute Gasteiger partial charge is 0.494 e. The molecule has 0 radical (unpaired) electrons. The van der Waals surface area contributed by atoms with Crippen LogP contribution in [0.1, 0.15) is 69.9 Å². The van der Waals surface area contributed by atoms with Crippen LogP contribution in [0.15, 0.2) is 42.6 Å². The number of pyridine rings is 1. The maximum Gasteiger partial charge on any atom is 0.494 e. The van der Waals surface area contributed by atoms with E-state index in [0.717, 1.165) is 18.3 Å². The van der Waals surface area contributed by atoms with Gasteiger partial charge in [-0.2, -0.15) is 0 Å². The number of aryl methyl sites for hydroxylation is 1. The van der Waals surface area contributed by atoms with Crippen LogP contribution in [0.3, 0.4) is 0 Å². The molecule has 0 spiro atoms. The molecule has 1 amide bonds. The molecule has 0 bridgehead atoms. The third kappa shape index (κ3) is 5.06. The maximum absolute atomic E-state index is 12.5. The molecule has 29 heavy (non-hydrogen) atoms. The van der Waals surface area contributed by atoms with E-state index in [1.54, 1.807) is 12.3 Å². The minimum absolute atomic E-state index is 0.214. The van der Waals surface area contributed by atoms with Crippen molar-refractivity contribution in [2.45, 2.75) is 71.5 Å². The Hall–Kier alpha value is -2.18. The van der Waals surface area contributed by atoms with E-state index in [2.05, 4.69) is 17.2 Å². The van der Waals surface area contributed by atoms with Crippen LogP contribution < -0.4 is 10.8 Å². The van der Waals surface area contributed by atoms with Crippen LogP contribution in [0.25, 0.3) is 0 Å². The highest BCUT2D eigenvalue weighted by Crippen LogP contribution is 2.36. The van der Waals surface area contributed by atoms with E-state index in [0.29, 0.717) is 11.4 Å². The van der Waals surface area contributed by atoms with E-state index >= 15 is 0 Å². The number of hydrogen-bond acceptors (Lipinski definition) is 4. The SMILES string of the molecule is CCCCCc1ccc(C(=O)Nc2ccc(B3OC(C)(C)C(C)(C)O3)cc2)nc1. The monoisotopic (exact) mass is 394 g/mol. The van der Waals surface area contributed by atoms with Gasteiger partial charge in [0.05, 0.1) is 11.2 Å². The Balaban J connectivity index is 1.59. The number of nitrogens with zero attached hydrogens (tertiary/aromatic N) is 1. The Morgan fingerprint density at radius 3 is 2.21 bits per heavy atom. The van der Waals surface area contributed by atoms with E-state index < -0.39 is 7.12 Å². The van der Waals surface area contributed by atoms with Gasteiger partial charge in [0.25, 0.3) is 5.91 Å². The van der Waals surface area contributed by atoms with Crippen molar-refractivity contribution in [2.24, 2.45) is 0 Å². The highest BCUT2D eigenvalue weighted by atomic mass is 16.7. The van der Waals surface area contributed by atoms with Crippen LogP contribution >= 0.6 is 0 Å². The molecule has 0 saturated carbocycles. The third-order valence-corrected chi connectivity index (χ3v) is 5.82. The van der Waals surface area contributed by atoms with E-state index in [9.17, 15) is 4.79 Å². The lowest BCUT2D eigenvalue weighted by Crippen LogP contribution is -2.41. The molecular weight excluding hydrogens is 363 g/mol. The zero-order valence-corrected chi connectivity index (χ0v) is 18.1. The van der Waals surface area contributed by atoms with Crippen LogP contribution in [0, 0.1) is 0 Å². The van der Waals surface area contributed by atoms with Gasteiger partial charge in [-0.1, -0.05) is 38.0 Å². The lowest BCUT2D eigenvalue weighted by atomic mass is 9.79. The van der Waals surface area contributed by atoms with Crippen molar-refractivity contribution in [2.75, 3.05) is 5.32 Å². The molecule has 5 nitrogen and oxygen atoms in total. The van der Waals surface area contributed by atoms with E-state index in [-0.39, 0.29) is 17.1 Å². The Morgan fingerprint density at radius 1 is 1.00 bits per heavy atom. The topological polar surface area (TPSA) is 60.5 Å². The number of anilines is 1. The first-order chi connectivity index (χ1) is 13.7. The quantitative estimate of drug-likeness (QED) is 0.560. The second-order valence-electron chi connectivity index (χ2n) is 8.67. The van der Waals surface area contributed by atoms with Crippen LogP contribution in [0.4, 0.5) is 5.69 Å². The predicted molar refractivity (Wildman–Crippen MR) is 118 cm³/mol. The number of rotatable bonds is 7. The van der Waals surface area contributed by atoms with Crippen molar-refractivity contribution in [3.63, 3.8) is 0 Å². The summed E-state index contributed by atoms with van der Waals surface area (Å²) < 4.78 is 12.1. The highest BCUT2D eigenvalue weighted by Gasteiger charge is 2.51. The van der Waals surface area contributed by atoms with Gasteiger partial charge in [0.1, 0.15) is 5.69 Å². The molecule has 1 saturated heterocycles. The fourth-order valence-corrected chi connectivity index (χ4v) is 3.18. The van der Waals surface area contributed by atoms with Crippen molar-refractivity contribution in [1.29, 1.82) is 0 Å². The molecule has 3 rings (SSSR count). The molecule has 2 aromatic rings. The fourth-order valence-electron chi connectivity index (χ4n) is 3.18. The second-order valence-corrected chi connectivity index (χ2v) is 8.67. The summed E-state index contributed by atoms with van der Waals surface area (Å²) in [7, 11) is -0.410. The molecule has 1 aromatic carbocycles. The van der Waals surface area contributed by atoms with Gasteiger partial charge in [-0.25, -0.2) is 0 Å². The molecule has 1 aliphatic heterocycles. The molecule has 1 aromatic heterocycles. The Kier molecular flexibility index (Phi) is 6.44. The zero-order valence-electron chi connectivity index (χ0n) is 18.1. The number of aromatic nitrogens is 1. The molecule has 154 valence electrons. The maximum atomic E-state index is 12.5. The van der Waals surface area contributed by atoms with E-state index in [4.69, 9.17) is 9.31 Å². The van der Waals surface area contributed by atoms with Gasteiger partial charge in [-0.15, -0.1) is 0 Å². The molecule has 0 aliphatic carbocycles. The van der Waals surface area contributed by atoms with Crippen LogP contribution in [-0.2, 0) is 15.7 Å². The lowest BCUT2D eigenvalue weighted by molar-refractivity contribution is 0.00578. The van der Waals surface area contributed by atoms with Crippen molar-refractivity contribution >= 4 is 24.2 Å². The molecule has 1 fully saturated rings. The smallest absolute Gasteiger partial charge is 0.399 e. The minimum atomic E-state index is -0.410. The van der Waals surface area contributed by atoms with Gasteiger partial charge >= 0.3 is 7.12 Å². The fraction of sp³-hybridized carbons (Fsp3) is 0.478. The number of amides is 1. The first-order valence-corrected chi connectivity index (χ1v) is 10.4. The van der Waals surface area contributed by atoms with Crippen LogP contribution in [0.5, 0.6) is 0 Å². The molecule has 1 N–H and O–H groups in total. The summed E-state index contributed by atoms with van der Waals surface area (Å²) in [5, 5.41) is 2.90. The van der Waals surface area contributed by atoms with Gasteiger partial charge in [0, 0.05) is 11.9 Å². The Bertz CT molecular complexity index is 816. The first-order valence-electron chi connectivity index (χ1n) is 10.4. The average molecular weight is 394 g/mol. The summed E-state index contributed by atoms with van der Waals surface area (Å²) in [4.78, 5) is 16.8. The molecule has 0 atom stereocenters. The van der Waals surface area contributed by atoms with Crippen molar-refractivity contribution in [3.8, 4) is 0 Å². The standard InChI is InChI=1S/C23H31BN2O3/c1-6-7-8-9-17-10-15-20(25-16-17)21(27)26-19-13-11-18(12-14-19)24-28-22(2,3)23(4,5)29-24/h10-16H,6-9H2,1-5H3,(H,26,27). The van der Waals surface area contributed by atoms with Gasteiger partial charge in [-0.3, -0.25) is 9.78 Å². The van der Waals surface area contributed by atoms with E-state index in [1.807, 2.05) is 58.0 Å². The summed E-state index contributed by atoms with van der Waals surface area (Å²) in [5.74, 6) is -0.214. The van der Waals surface area contributed by atoms with E-state index in [1.165, 1.54) is 18.4 Å². The van der Waals surface area contributed by atoms with Gasteiger partial charge in [0.2, 0.25) is 0 Å². The number of carbonyl (C=O) groups is 1. The average Bonchev–Trinajstić information content (AvgIpc) is 2.90. The lowest BCUT2D eigenvalue weighted by Gasteiger charge is -2.32. The number of hydrogen-bond donors (Lipinski definition) is 1. The summed E-state index contributed by atoms with van der Waals surface area (Å²) in [5.41, 5.74) is 2.47. The predicted octanol–water partition coefficient (Wildman–Crippen LogP) is 4.37. The molecule has 6 heteroatoms. The minimum Gasteiger partial charge on any atom is -0.399 e. The first kappa shape index (κ1) is 21.5. The van der Waals surface area contributed by atoms with Crippen molar-refractivity contribution in [3.05, 3.63) is 53.9 Å². The summed E-state index contributed by atoms with van der Waals surface area (Å²) >= 11 is 0. The molecule has 0 unspecified atom stereocenters. The highest BCUT2D eigenvalue weighted by molar-refractivity contribution is 6.62. The van der Waals surface area contributed by atoms with Crippen molar-refractivity contribution < 1.29 is 14.1 Å². The van der Waals surface area contributed by atoms with Gasteiger partial charge in [0.15, 0.2) is 0 Å². The third-order valence-electron chi connectivity index (χ3n) is 5.82. The Labute approximate surface area is 174 Å². The van der Waals surface area contributed by atoms with Crippen LogP contribution in [0.2, 0.25) is 0 Å². The number of nitrogens with one attached hydrogen (secondary N) is 1. The normalized spacial score (nSPS) is 17.3. The summed E-state index contributed by atoms with van der Waals surface area (Å²) in [6.45, 7) is 10.3. The van der Waals surface area contributed by atoms with Gasteiger partial charge in [-0.05, 0) is 69.8 Å².